The van der Waals surface area contributed by atoms with Crippen LogP contribution in [0.1, 0.15) is 194 Å². The number of carbonyl (C=O) groups excluding carboxylic acids is 2. The molecule has 1 aliphatic carbocycles. The second-order valence-corrected chi connectivity index (χ2v) is 20.5. The van der Waals surface area contributed by atoms with Crippen molar-refractivity contribution < 1.29 is 90.6 Å². The molecule has 0 aliphatic heterocycles. The van der Waals surface area contributed by atoms with Gasteiger partial charge in [0.05, 0.1) is 6.61 Å². The van der Waals surface area contributed by atoms with Crippen LogP contribution in [0, 0.1) is 0 Å². The van der Waals surface area contributed by atoms with E-state index in [2.05, 4.69) is 22.9 Å². The molecule has 0 spiro atoms. The van der Waals surface area contributed by atoms with Gasteiger partial charge in [0.1, 0.15) is 43.2 Å². The summed E-state index contributed by atoms with van der Waals surface area (Å²) in [4.78, 5) is 73.1. The molecule has 1 rings (SSSR count). The van der Waals surface area contributed by atoms with Gasteiger partial charge in [0, 0.05) is 12.8 Å². The minimum absolute atomic E-state index is 0.00556. The largest absolute Gasteiger partial charge is 0.472 e. The molecule has 0 heterocycles. The van der Waals surface area contributed by atoms with Crippen LogP contribution in [0.3, 0.4) is 0 Å². The molecule has 22 heteroatoms. The van der Waals surface area contributed by atoms with Crippen molar-refractivity contribution in [3.05, 3.63) is 0 Å². The fourth-order valence-electron chi connectivity index (χ4n) is 7.41. The van der Waals surface area contributed by atoms with Gasteiger partial charge >= 0.3 is 35.4 Å². The van der Waals surface area contributed by atoms with Gasteiger partial charge in [-0.1, -0.05) is 168 Å². The van der Waals surface area contributed by atoms with E-state index in [1.165, 1.54) is 103 Å². The van der Waals surface area contributed by atoms with E-state index >= 15 is 0 Å². The van der Waals surface area contributed by atoms with E-state index in [0.29, 0.717) is 12.8 Å². The lowest BCUT2D eigenvalue weighted by atomic mass is 9.85. The topological polar surface area (TPSA) is 303 Å². The summed E-state index contributed by atoms with van der Waals surface area (Å²) in [6.45, 7) is 2.94. The Labute approximate surface area is 374 Å². The van der Waals surface area contributed by atoms with E-state index in [0.717, 1.165) is 51.4 Å². The summed E-state index contributed by atoms with van der Waals surface area (Å²) in [6, 6.07) is 0. The van der Waals surface area contributed by atoms with E-state index < -0.39 is 91.3 Å². The van der Waals surface area contributed by atoms with Gasteiger partial charge in [-0.15, -0.1) is 0 Å². The van der Waals surface area contributed by atoms with Crippen LogP contribution in [0.4, 0.5) is 0 Å². The molecule has 0 radical (unpaired) electrons. The van der Waals surface area contributed by atoms with Crippen LogP contribution < -0.4 is 0 Å². The lowest BCUT2D eigenvalue weighted by Crippen LogP contribution is -2.65. The van der Waals surface area contributed by atoms with Crippen molar-refractivity contribution in [3.8, 4) is 0 Å². The molecule has 0 amide bonds. The number of carbonyl (C=O) groups is 2. The Morgan fingerprint density at radius 1 is 0.444 bits per heavy atom. The van der Waals surface area contributed by atoms with Gasteiger partial charge in [0.25, 0.3) is 0 Å². The number of ether oxygens (including phenoxy) is 2. The molecule has 63 heavy (non-hydrogen) atoms. The number of phosphoric ester groups is 3. The normalized spacial score (nSPS) is 22.1. The zero-order valence-corrected chi connectivity index (χ0v) is 40.3. The summed E-state index contributed by atoms with van der Waals surface area (Å²) in [6.07, 6.45) is 12.7. The van der Waals surface area contributed by atoms with Crippen molar-refractivity contribution in [3.63, 3.8) is 0 Å². The summed E-state index contributed by atoms with van der Waals surface area (Å²) >= 11 is 0. The van der Waals surface area contributed by atoms with Crippen molar-refractivity contribution in [1.82, 2.24) is 0 Å². The predicted octanol–water partition coefficient (Wildman–Crippen LogP) is 7.96. The number of aliphatic hydroxyl groups is 3. The highest BCUT2D eigenvalue weighted by Crippen LogP contribution is 2.51. The number of hydrogen-bond acceptors (Lipinski definition) is 14. The average molecular weight is 971 g/mol. The van der Waals surface area contributed by atoms with E-state index in [4.69, 9.17) is 18.5 Å². The Morgan fingerprint density at radius 3 is 1.16 bits per heavy atom. The van der Waals surface area contributed by atoms with Gasteiger partial charge in [0.15, 0.2) is 6.10 Å². The summed E-state index contributed by atoms with van der Waals surface area (Å²) in [7, 11) is -16.6. The van der Waals surface area contributed by atoms with Gasteiger partial charge in [0.2, 0.25) is 0 Å². The second-order valence-electron chi connectivity index (χ2n) is 16.7. The van der Waals surface area contributed by atoms with Crippen molar-refractivity contribution >= 4 is 35.4 Å². The fraction of sp³-hybridized carbons (Fsp3) is 0.951. The molecule has 374 valence electrons. The molecule has 19 nitrogen and oxygen atoms in total. The van der Waals surface area contributed by atoms with Gasteiger partial charge in [-0.2, -0.15) is 0 Å². The molecular weight excluding hydrogens is 889 g/mol. The van der Waals surface area contributed by atoms with Crippen LogP contribution >= 0.6 is 23.5 Å². The number of rotatable bonds is 40. The smallest absolute Gasteiger partial charge is 0.462 e. The highest BCUT2D eigenvalue weighted by molar-refractivity contribution is 7.47. The molecule has 0 aromatic carbocycles. The van der Waals surface area contributed by atoms with Crippen molar-refractivity contribution in [2.75, 3.05) is 13.2 Å². The Morgan fingerprint density at radius 2 is 0.778 bits per heavy atom. The lowest BCUT2D eigenvalue weighted by Gasteiger charge is -2.44. The maximum Gasteiger partial charge on any atom is 0.472 e. The lowest BCUT2D eigenvalue weighted by molar-refractivity contribution is -0.213. The minimum atomic E-state index is -5.59. The Bertz CT molecular complexity index is 1350. The third kappa shape index (κ3) is 30.9. The summed E-state index contributed by atoms with van der Waals surface area (Å²) < 4.78 is 65.4. The predicted molar refractivity (Wildman–Crippen MR) is 234 cm³/mol. The first-order chi connectivity index (χ1) is 29.8. The van der Waals surface area contributed by atoms with E-state index in [1.54, 1.807) is 0 Å². The van der Waals surface area contributed by atoms with Gasteiger partial charge in [-0.05, 0) is 12.8 Å². The second kappa shape index (κ2) is 34.4. The van der Waals surface area contributed by atoms with E-state index in [-0.39, 0.29) is 12.8 Å². The van der Waals surface area contributed by atoms with Crippen molar-refractivity contribution in [1.29, 1.82) is 0 Å². The molecule has 2 unspecified atom stereocenters. The van der Waals surface area contributed by atoms with Crippen LogP contribution in [-0.2, 0) is 50.9 Å². The maximum atomic E-state index is 13.1. The van der Waals surface area contributed by atoms with Crippen LogP contribution in [0.15, 0.2) is 0 Å². The Hall–Kier alpha value is -0.850. The Kier molecular flexibility index (Phi) is 32.9. The fourth-order valence-corrected chi connectivity index (χ4v) is 9.50. The maximum absolute atomic E-state index is 13.1. The van der Waals surface area contributed by atoms with Gasteiger partial charge in [-0.3, -0.25) is 27.7 Å². The standard InChI is InChI=1S/C41H81O19P3/c1-3-5-7-9-11-13-15-17-19-21-23-25-27-29-34(42)55-31-33(57-35(43)30-28-26-24-22-20-18-16-14-12-10-8-6-4-2)32-56-63(53,54)60-39-36(44)37(45)40(58-61(47,48)49)41(38(39)46)59-62(50,51)52/h33,36-41,44-46H,3-32H2,1-2H3,(H,53,54)(H2,47,48,49)(H2,50,51,52)/t33?,36-,37-,38+,39+,40+,41+/m1/s1. The monoisotopic (exact) mass is 970 g/mol. The summed E-state index contributed by atoms with van der Waals surface area (Å²) in [5, 5.41) is 31.8. The average Bonchev–Trinajstić information content (AvgIpc) is 3.20. The first-order valence-corrected chi connectivity index (χ1v) is 27.9. The molecular formula is C41H81O19P3. The van der Waals surface area contributed by atoms with Gasteiger partial charge < -0.3 is 49.3 Å². The van der Waals surface area contributed by atoms with Crippen LogP contribution in [0.2, 0.25) is 0 Å². The highest BCUT2D eigenvalue weighted by atomic mass is 31.2. The number of phosphoric acid groups is 3. The molecule has 1 aliphatic rings. The van der Waals surface area contributed by atoms with Crippen LogP contribution in [0.25, 0.3) is 0 Å². The number of hydrogen-bond donors (Lipinski definition) is 8. The van der Waals surface area contributed by atoms with E-state index in [1.807, 2.05) is 0 Å². The molecule has 1 saturated carbocycles. The number of unbranched alkanes of at least 4 members (excludes halogenated alkanes) is 24. The van der Waals surface area contributed by atoms with Gasteiger partial charge in [-0.25, -0.2) is 13.7 Å². The third-order valence-corrected chi connectivity index (χ3v) is 12.9. The molecule has 1 fully saturated rings. The molecule has 0 saturated heterocycles. The van der Waals surface area contributed by atoms with Crippen LogP contribution in [0.5, 0.6) is 0 Å². The first kappa shape index (κ1) is 60.2. The highest BCUT2D eigenvalue weighted by Gasteiger charge is 2.56. The molecule has 0 aromatic heterocycles. The number of esters is 2. The third-order valence-electron chi connectivity index (χ3n) is 10.9. The Balaban J connectivity index is 2.74. The summed E-state index contributed by atoms with van der Waals surface area (Å²) in [5.74, 6) is -1.28. The first-order valence-electron chi connectivity index (χ1n) is 23.3. The summed E-state index contributed by atoms with van der Waals surface area (Å²) in [5.41, 5.74) is 0. The van der Waals surface area contributed by atoms with Crippen molar-refractivity contribution in [2.45, 2.75) is 236 Å². The zero-order valence-electron chi connectivity index (χ0n) is 37.7. The minimum Gasteiger partial charge on any atom is -0.462 e. The van der Waals surface area contributed by atoms with E-state index in [9.17, 15) is 63.1 Å². The quantitative estimate of drug-likeness (QED) is 0.0164. The molecule has 0 aromatic rings. The molecule has 8 N–H and O–H groups in total. The van der Waals surface area contributed by atoms with Crippen LogP contribution in [-0.4, -0.2) is 108 Å². The SMILES string of the molecule is CCCCCCCCCCCCCCCC(=O)OCC(COP(=O)(O)O[C@H]1[C@H](O)[C@@H](O)[C@H](OP(=O)(O)O)[C@@H](OP(=O)(O)O)[C@H]1O)OC(=O)CCCCCCCCCCCCCCC. The zero-order chi connectivity index (χ0) is 47.2. The number of aliphatic hydroxyl groups excluding tert-OH is 3. The van der Waals surface area contributed by atoms with Crippen molar-refractivity contribution in [2.24, 2.45) is 0 Å². The molecule has 0 bridgehead atoms. The molecule has 8 atom stereocenters.